The topological polar surface area (TPSA) is 38.3 Å². The minimum atomic E-state index is -0.458. The Morgan fingerprint density at radius 1 is 1.30 bits per heavy atom. The average molecular weight is 334 g/mol. The first-order valence-corrected chi connectivity index (χ1v) is 7.45. The van der Waals surface area contributed by atoms with E-state index >= 15 is 0 Å². The lowest BCUT2D eigenvalue weighted by Gasteiger charge is -2.14. The first kappa shape index (κ1) is 17.0. The summed E-state index contributed by atoms with van der Waals surface area (Å²) in [5, 5.41) is 3.39. The number of hydrogen-bond acceptors (Lipinski definition) is 2. The molecule has 2 aromatic carbocycles. The van der Waals surface area contributed by atoms with Gasteiger partial charge in [0.05, 0.1) is 13.2 Å². The molecule has 3 nitrogen and oxygen atoms in total. The third-order valence-electron chi connectivity index (χ3n) is 3.31. The van der Waals surface area contributed by atoms with Gasteiger partial charge in [-0.1, -0.05) is 29.8 Å². The predicted octanol–water partition coefficient (Wildman–Crippen LogP) is 4.38. The van der Waals surface area contributed by atoms with E-state index in [4.69, 9.17) is 16.3 Å². The molecule has 5 heteroatoms. The number of methoxy groups -OCH3 is 1. The highest BCUT2D eigenvalue weighted by Crippen LogP contribution is 2.21. The minimum Gasteiger partial charge on any atom is -0.494 e. The fraction of sp³-hybridized carbons (Fsp3) is 0.167. The maximum absolute atomic E-state index is 13.7. The Bertz CT molecular complexity index is 731. The second kappa shape index (κ2) is 7.79. The second-order valence-corrected chi connectivity index (χ2v) is 5.45. The summed E-state index contributed by atoms with van der Waals surface area (Å²) in [7, 11) is 1.41. The van der Waals surface area contributed by atoms with Crippen LogP contribution in [0.25, 0.3) is 6.08 Å². The molecule has 0 unspecified atom stereocenters. The number of carbonyl (C=O) groups is 1. The Labute approximate surface area is 139 Å². The predicted molar refractivity (Wildman–Crippen MR) is 90.0 cm³/mol. The standard InChI is InChI=1S/C18H17ClFNO2/c1-12(14-7-8-17(23-2)16(20)11-14)21-18(22)9-6-13-4-3-5-15(19)10-13/h3-12H,1-2H3,(H,21,22)/b9-6+/t12-/m0/s1. The van der Waals surface area contributed by atoms with E-state index in [1.54, 1.807) is 31.2 Å². The quantitative estimate of drug-likeness (QED) is 0.825. The van der Waals surface area contributed by atoms with E-state index in [1.165, 1.54) is 25.3 Å². The molecule has 2 aromatic rings. The van der Waals surface area contributed by atoms with Gasteiger partial charge in [0.25, 0.3) is 0 Å². The number of nitrogens with one attached hydrogen (secondary N) is 1. The van der Waals surface area contributed by atoms with Gasteiger partial charge in [0, 0.05) is 11.1 Å². The first-order chi connectivity index (χ1) is 11.0. The zero-order chi connectivity index (χ0) is 16.8. The lowest BCUT2D eigenvalue weighted by atomic mass is 10.1. The number of carbonyl (C=O) groups excluding carboxylic acids is 1. The minimum absolute atomic E-state index is 0.174. The molecule has 0 fully saturated rings. The van der Waals surface area contributed by atoms with Gasteiger partial charge in [-0.05, 0) is 48.4 Å². The molecule has 0 aromatic heterocycles. The van der Waals surface area contributed by atoms with Crippen LogP contribution >= 0.6 is 11.6 Å². The fourth-order valence-electron chi connectivity index (χ4n) is 2.08. The molecular weight excluding hydrogens is 317 g/mol. The van der Waals surface area contributed by atoms with Crippen LogP contribution in [0.3, 0.4) is 0 Å². The molecule has 0 aliphatic heterocycles. The molecule has 2 rings (SSSR count). The summed E-state index contributed by atoms with van der Waals surface area (Å²) in [6, 6.07) is 11.5. The van der Waals surface area contributed by atoms with Crippen LogP contribution in [-0.2, 0) is 4.79 Å². The van der Waals surface area contributed by atoms with Gasteiger partial charge in [-0.25, -0.2) is 4.39 Å². The summed E-state index contributed by atoms with van der Waals surface area (Å²) in [6.07, 6.45) is 3.09. The van der Waals surface area contributed by atoms with E-state index in [-0.39, 0.29) is 17.7 Å². The van der Waals surface area contributed by atoms with Crippen molar-refractivity contribution in [1.82, 2.24) is 5.32 Å². The summed E-state index contributed by atoms with van der Waals surface area (Å²) in [4.78, 5) is 11.9. The normalized spacial score (nSPS) is 12.2. The second-order valence-electron chi connectivity index (χ2n) is 5.01. The highest BCUT2D eigenvalue weighted by atomic mass is 35.5. The number of ether oxygens (including phenoxy) is 1. The molecule has 0 aliphatic rings. The molecule has 23 heavy (non-hydrogen) atoms. The van der Waals surface area contributed by atoms with Crippen molar-refractivity contribution in [3.8, 4) is 5.75 Å². The maximum Gasteiger partial charge on any atom is 0.244 e. The average Bonchev–Trinajstić information content (AvgIpc) is 2.53. The number of benzene rings is 2. The van der Waals surface area contributed by atoms with Crippen LogP contribution in [0.4, 0.5) is 4.39 Å². The lowest BCUT2D eigenvalue weighted by molar-refractivity contribution is -0.117. The Morgan fingerprint density at radius 3 is 2.74 bits per heavy atom. The van der Waals surface area contributed by atoms with Crippen LogP contribution in [0.5, 0.6) is 5.75 Å². The molecule has 120 valence electrons. The van der Waals surface area contributed by atoms with E-state index in [9.17, 15) is 9.18 Å². The van der Waals surface area contributed by atoms with Crippen LogP contribution < -0.4 is 10.1 Å². The zero-order valence-electron chi connectivity index (χ0n) is 12.8. The van der Waals surface area contributed by atoms with Crippen molar-refractivity contribution in [2.75, 3.05) is 7.11 Å². The number of hydrogen-bond donors (Lipinski definition) is 1. The van der Waals surface area contributed by atoms with Gasteiger partial charge < -0.3 is 10.1 Å². The summed E-state index contributed by atoms with van der Waals surface area (Å²) in [5.74, 6) is -0.553. The molecule has 1 amide bonds. The van der Waals surface area contributed by atoms with Gasteiger partial charge in [-0.3, -0.25) is 4.79 Å². The molecule has 0 radical (unpaired) electrons. The monoisotopic (exact) mass is 333 g/mol. The Morgan fingerprint density at radius 2 is 2.09 bits per heavy atom. The van der Waals surface area contributed by atoms with Crippen LogP contribution in [0.1, 0.15) is 24.1 Å². The van der Waals surface area contributed by atoms with Gasteiger partial charge in [0.2, 0.25) is 5.91 Å². The number of halogens is 2. The highest BCUT2D eigenvalue weighted by Gasteiger charge is 2.11. The lowest BCUT2D eigenvalue weighted by Crippen LogP contribution is -2.24. The van der Waals surface area contributed by atoms with Gasteiger partial charge in [0.1, 0.15) is 0 Å². The van der Waals surface area contributed by atoms with E-state index in [2.05, 4.69) is 5.32 Å². The van der Waals surface area contributed by atoms with Gasteiger partial charge >= 0.3 is 0 Å². The van der Waals surface area contributed by atoms with E-state index in [0.717, 1.165) is 5.56 Å². The molecule has 0 bridgehead atoms. The van der Waals surface area contributed by atoms with E-state index < -0.39 is 5.82 Å². The van der Waals surface area contributed by atoms with Gasteiger partial charge in [-0.2, -0.15) is 0 Å². The molecule has 1 atom stereocenters. The Kier molecular flexibility index (Phi) is 5.77. The molecular formula is C18H17ClFNO2. The van der Waals surface area contributed by atoms with Crippen LogP contribution in [0.2, 0.25) is 5.02 Å². The van der Waals surface area contributed by atoms with Crippen molar-refractivity contribution in [3.05, 3.63) is 70.5 Å². The first-order valence-electron chi connectivity index (χ1n) is 7.07. The summed E-state index contributed by atoms with van der Waals surface area (Å²) < 4.78 is 18.6. The van der Waals surface area contributed by atoms with Crippen molar-refractivity contribution < 1.29 is 13.9 Å². The van der Waals surface area contributed by atoms with E-state index in [1.807, 2.05) is 12.1 Å². The summed E-state index contributed by atoms with van der Waals surface area (Å²) in [5.41, 5.74) is 1.49. The van der Waals surface area contributed by atoms with Crippen molar-refractivity contribution >= 4 is 23.6 Å². The molecule has 0 saturated heterocycles. The number of amides is 1. The van der Waals surface area contributed by atoms with Crippen LogP contribution in [0, 0.1) is 5.82 Å². The third kappa shape index (κ3) is 4.83. The SMILES string of the molecule is COc1ccc([C@H](C)NC(=O)/C=C/c2cccc(Cl)c2)cc1F. The summed E-state index contributed by atoms with van der Waals surface area (Å²) in [6.45, 7) is 1.78. The van der Waals surface area contributed by atoms with Gasteiger partial charge in [-0.15, -0.1) is 0 Å². The molecule has 0 saturated carbocycles. The van der Waals surface area contributed by atoms with E-state index in [0.29, 0.717) is 10.6 Å². The molecule has 0 spiro atoms. The number of rotatable bonds is 5. The van der Waals surface area contributed by atoms with Crippen LogP contribution in [0.15, 0.2) is 48.5 Å². The van der Waals surface area contributed by atoms with Crippen LogP contribution in [-0.4, -0.2) is 13.0 Å². The third-order valence-corrected chi connectivity index (χ3v) is 3.55. The zero-order valence-corrected chi connectivity index (χ0v) is 13.6. The van der Waals surface area contributed by atoms with Crippen molar-refractivity contribution in [3.63, 3.8) is 0 Å². The smallest absolute Gasteiger partial charge is 0.244 e. The van der Waals surface area contributed by atoms with Crippen molar-refractivity contribution in [2.45, 2.75) is 13.0 Å². The van der Waals surface area contributed by atoms with Gasteiger partial charge in [0.15, 0.2) is 11.6 Å². The maximum atomic E-state index is 13.7. The fourth-order valence-corrected chi connectivity index (χ4v) is 2.28. The molecule has 0 aliphatic carbocycles. The van der Waals surface area contributed by atoms with Crippen molar-refractivity contribution in [1.29, 1.82) is 0 Å². The highest BCUT2D eigenvalue weighted by molar-refractivity contribution is 6.30. The molecule has 0 heterocycles. The Hall–Kier alpha value is -2.33. The van der Waals surface area contributed by atoms with Crippen molar-refractivity contribution in [2.24, 2.45) is 0 Å². The Balaban J connectivity index is 2.00. The summed E-state index contributed by atoms with van der Waals surface area (Å²) >= 11 is 5.88. The molecule has 1 N–H and O–H groups in total. The largest absolute Gasteiger partial charge is 0.494 e.